The number of hydrogen-bond acceptors (Lipinski definition) is 3. The second-order valence-electron chi connectivity index (χ2n) is 10.8. The maximum absolute atomic E-state index is 6.45. The summed E-state index contributed by atoms with van der Waals surface area (Å²) in [6.07, 6.45) is 8.35. The Kier molecular flexibility index (Phi) is 3.91. The average Bonchev–Trinajstić information content (AvgIpc) is 3.03. The monoisotopic (exact) mass is 399 g/mol. The molecule has 3 heteroatoms. The Bertz CT molecular complexity index is 987. The van der Waals surface area contributed by atoms with Gasteiger partial charge in [-0.15, -0.1) is 0 Å². The molecule has 4 fully saturated rings. The maximum Gasteiger partial charge on any atom is 0.192 e. The molecular formula is C27H33N3. The van der Waals surface area contributed by atoms with Gasteiger partial charge in [-0.05, 0) is 86.0 Å². The molecule has 2 N–H and O–H groups in total. The Morgan fingerprint density at radius 3 is 2.07 bits per heavy atom. The third kappa shape index (κ3) is 2.60. The predicted octanol–water partition coefficient (Wildman–Crippen LogP) is 5.33. The van der Waals surface area contributed by atoms with E-state index in [9.17, 15) is 0 Å². The summed E-state index contributed by atoms with van der Waals surface area (Å²) in [5, 5.41) is 0. The Hall–Kier alpha value is -2.29. The third-order valence-corrected chi connectivity index (χ3v) is 8.77. The van der Waals surface area contributed by atoms with Crippen LogP contribution in [0.5, 0.6) is 0 Å². The summed E-state index contributed by atoms with van der Waals surface area (Å²) in [6, 6.07) is 18.1. The second kappa shape index (κ2) is 6.35. The van der Waals surface area contributed by atoms with Gasteiger partial charge in [0.1, 0.15) is 5.54 Å². The number of aryl methyl sites for hydroxylation is 1. The number of benzene rings is 2. The summed E-state index contributed by atoms with van der Waals surface area (Å²) < 4.78 is 0. The van der Waals surface area contributed by atoms with E-state index in [1.165, 1.54) is 60.8 Å². The van der Waals surface area contributed by atoms with Crippen LogP contribution < -0.4 is 5.73 Å². The van der Waals surface area contributed by atoms with Gasteiger partial charge in [0.15, 0.2) is 5.96 Å². The summed E-state index contributed by atoms with van der Waals surface area (Å²) in [5.74, 6) is 3.41. The highest BCUT2D eigenvalue weighted by molar-refractivity contribution is 5.81. The lowest BCUT2D eigenvalue weighted by atomic mass is 9.44. The van der Waals surface area contributed by atoms with Crippen molar-refractivity contribution in [3.8, 4) is 11.1 Å². The van der Waals surface area contributed by atoms with Crippen LogP contribution in [0.2, 0.25) is 0 Å². The molecule has 1 heterocycles. The zero-order valence-corrected chi connectivity index (χ0v) is 18.3. The van der Waals surface area contributed by atoms with Gasteiger partial charge in [-0.1, -0.05) is 48.0 Å². The molecule has 0 spiro atoms. The van der Waals surface area contributed by atoms with E-state index < -0.39 is 0 Å². The van der Waals surface area contributed by atoms with Crippen molar-refractivity contribution < 1.29 is 0 Å². The highest BCUT2D eigenvalue weighted by atomic mass is 15.3. The first kappa shape index (κ1) is 18.5. The fraction of sp³-hybridized carbons (Fsp3) is 0.519. The van der Waals surface area contributed by atoms with Crippen LogP contribution in [-0.4, -0.2) is 24.5 Å². The smallest absolute Gasteiger partial charge is 0.192 e. The van der Waals surface area contributed by atoms with Gasteiger partial charge in [0.25, 0.3) is 0 Å². The Labute approximate surface area is 180 Å². The molecule has 1 aliphatic heterocycles. The molecule has 30 heavy (non-hydrogen) atoms. The van der Waals surface area contributed by atoms with Gasteiger partial charge in [-0.3, -0.25) is 0 Å². The van der Waals surface area contributed by atoms with E-state index in [0.717, 1.165) is 24.3 Å². The summed E-state index contributed by atoms with van der Waals surface area (Å²) in [7, 11) is 2.12. The zero-order chi connectivity index (χ0) is 20.5. The van der Waals surface area contributed by atoms with Crippen molar-refractivity contribution in [1.29, 1.82) is 0 Å². The van der Waals surface area contributed by atoms with Crippen molar-refractivity contribution in [2.75, 3.05) is 13.6 Å². The Balaban J connectivity index is 1.50. The normalized spacial score (nSPS) is 36.9. The van der Waals surface area contributed by atoms with Crippen LogP contribution in [0.1, 0.15) is 49.7 Å². The molecule has 1 unspecified atom stereocenters. The molecule has 4 bridgehead atoms. The predicted molar refractivity (Wildman–Crippen MR) is 123 cm³/mol. The molecule has 0 amide bonds. The first-order valence-corrected chi connectivity index (χ1v) is 11.7. The molecule has 0 aromatic heterocycles. The number of likely N-dealkylation sites (N-methyl/N-ethyl adjacent to an activating group) is 1. The molecule has 4 aliphatic carbocycles. The number of guanidine groups is 1. The van der Waals surface area contributed by atoms with Crippen LogP contribution >= 0.6 is 0 Å². The molecule has 5 aliphatic rings. The lowest BCUT2D eigenvalue weighted by molar-refractivity contribution is -0.0987. The lowest BCUT2D eigenvalue weighted by Crippen LogP contribution is -2.57. The summed E-state index contributed by atoms with van der Waals surface area (Å²) in [6.45, 7) is 3.09. The van der Waals surface area contributed by atoms with Gasteiger partial charge in [-0.25, -0.2) is 4.99 Å². The van der Waals surface area contributed by atoms with E-state index in [2.05, 4.69) is 67.4 Å². The lowest BCUT2D eigenvalue weighted by Gasteiger charge is -2.62. The fourth-order valence-electron chi connectivity index (χ4n) is 7.89. The summed E-state index contributed by atoms with van der Waals surface area (Å²) >= 11 is 0. The topological polar surface area (TPSA) is 41.6 Å². The Morgan fingerprint density at radius 2 is 1.50 bits per heavy atom. The minimum atomic E-state index is -0.207. The standard InChI is InChI=1S/C27H33N3/c1-18-5-3-6-22(9-18)23-7-4-8-24(13-23)27(17-30(2)25(28)29-27)26-14-19-10-20(15-26)12-21(11-19)16-26/h3-9,13,19-21H,10-12,14-17H2,1-2H3,(H2,28,29). The molecule has 7 rings (SSSR count). The number of nitrogens with zero attached hydrogens (tertiary/aromatic N) is 2. The Morgan fingerprint density at radius 1 is 0.900 bits per heavy atom. The van der Waals surface area contributed by atoms with Crippen LogP contribution in [0.4, 0.5) is 0 Å². The van der Waals surface area contributed by atoms with Gasteiger partial charge in [-0.2, -0.15) is 0 Å². The van der Waals surface area contributed by atoms with E-state index in [1.807, 2.05) is 0 Å². The van der Waals surface area contributed by atoms with Crippen LogP contribution in [0.25, 0.3) is 11.1 Å². The molecule has 0 saturated heterocycles. The van der Waals surface area contributed by atoms with Crippen LogP contribution in [0.3, 0.4) is 0 Å². The molecular weight excluding hydrogens is 366 g/mol. The van der Waals surface area contributed by atoms with Gasteiger partial charge >= 0.3 is 0 Å². The van der Waals surface area contributed by atoms with E-state index in [1.54, 1.807) is 0 Å². The first-order valence-electron chi connectivity index (χ1n) is 11.7. The largest absolute Gasteiger partial charge is 0.370 e. The number of nitrogens with two attached hydrogens (primary N) is 1. The van der Waals surface area contributed by atoms with E-state index in [4.69, 9.17) is 10.7 Å². The molecule has 2 aromatic carbocycles. The highest BCUT2D eigenvalue weighted by Crippen LogP contribution is 2.67. The van der Waals surface area contributed by atoms with Gasteiger partial charge in [0.05, 0.1) is 6.54 Å². The molecule has 0 radical (unpaired) electrons. The second-order valence-corrected chi connectivity index (χ2v) is 10.8. The molecule has 4 saturated carbocycles. The number of hydrogen-bond donors (Lipinski definition) is 1. The van der Waals surface area contributed by atoms with Crippen LogP contribution in [0, 0.1) is 30.1 Å². The van der Waals surface area contributed by atoms with Crippen molar-refractivity contribution in [3.05, 3.63) is 59.7 Å². The SMILES string of the molecule is Cc1cccc(-c2cccc(C3(C45CC6CC(CC(C6)C4)C5)CN(C)C(N)=N3)c2)c1. The van der Waals surface area contributed by atoms with Crippen molar-refractivity contribution >= 4 is 5.96 Å². The fourth-order valence-corrected chi connectivity index (χ4v) is 7.89. The zero-order valence-electron chi connectivity index (χ0n) is 18.3. The molecule has 3 nitrogen and oxygen atoms in total. The van der Waals surface area contributed by atoms with Crippen LogP contribution in [-0.2, 0) is 5.54 Å². The van der Waals surface area contributed by atoms with E-state index in [-0.39, 0.29) is 11.0 Å². The van der Waals surface area contributed by atoms with Crippen molar-refractivity contribution in [3.63, 3.8) is 0 Å². The molecule has 1 atom stereocenters. The first-order chi connectivity index (χ1) is 14.5. The van der Waals surface area contributed by atoms with Gasteiger partial charge in [0, 0.05) is 12.5 Å². The third-order valence-electron chi connectivity index (χ3n) is 8.77. The van der Waals surface area contributed by atoms with Gasteiger partial charge in [0.2, 0.25) is 0 Å². The van der Waals surface area contributed by atoms with Crippen LogP contribution in [0.15, 0.2) is 53.5 Å². The van der Waals surface area contributed by atoms with Crippen molar-refractivity contribution in [1.82, 2.24) is 4.90 Å². The van der Waals surface area contributed by atoms with Crippen molar-refractivity contribution in [2.45, 2.75) is 51.0 Å². The minimum Gasteiger partial charge on any atom is -0.370 e. The molecule has 2 aromatic rings. The quantitative estimate of drug-likeness (QED) is 0.757. The average molecular weight is 400 g/mol. The summed E-state index contributed by atoms with van der Waals surface area (Å²) in [4.78, 5) is 7.53. The summed E-state index contributed by atoms with van der Waals surface area (Å²) in [5.41, 5.74) is 11.8. The minimum absolute atomic E-state index is 0.207. The van der Waals surface area contributed by atoms with Gasteiger partial charge < -0.3 is 10.6 Å². The number of rotatable bonds is 3. The van der Waals surface area contributed by atoms with Crippen molar-refractivity contribution in [2.24, 2.45) is 33.9 Å². The maximum atomic E-state index is 6.45. The van der Waals surface area contributed by atoms with E-state index in [0.29, 0.717) is 5.96 Å². The number of aliphatic imine (C=N–C) groups is 1. The molecule has 156 valence electrons. The highest BCUT2D eigenvalue weighted by Gasteiger charge is 2.63. The van der Waals surface area contributed by atoms with E-state index >= 15 is 0 Å².